The minimum absolute atomic E-state index is 0. The first-order chi connectivity index (χ1) is 13.4. The highest BCUT2D eigenvalue weighted by atomic mass is 35.5. The molecule has 2 aromatic carbocycles. The van der Waals surface area contributed by atoms with Gasteiger partial charge in [-0.25, -0.2) is 0 Å². The van der Waals surface area contributed by atoms with Gasteiger partial charge in [0.25, 0.3) is 0 Å². The Balaban J connectivity index is 0.00000300. The quantitative estimate of drug-likeness (QED) is 0.760. The average molecular weight is 416 g/mol. The van der Waals surface area contributed by atoms with E-state index in [1.54, 1.807) is 7.05 Å². The summed E-state index contributed by atoms with van der Waals surface area (Å²) < 4.78 is 0. The van der Waals surface area contributed by atoms with Crippen LogP contribution in [-0.2, 0) is 22.6 Å². The number of benzene rings is 2. The van der Waals surface area contributed by atoms with Crippen LogP contribution >= 0.6 is 12.4 Å². The second-order valence-electron chi connectivity index (χ2n) is 7.70. The van der Waals surface area contributed by atoms with Crippen molar-refractivity contribution in [2.45, 2.75) is 45.7 Å². The number of hydrogen-bond donors (Lipinski definition) is 2. The molecule has 2 aromatic rings. The van der Waals surface area contributed by atoms with Crippen LogP contribution < -0.4 is 16.0 Å². The molecule has 1 aliphatic rings. The number of halogens is 1. The first kappa shape index (κ1) is 22.9. The molecule has 0 unspecified atom stereocenters. The molecule has 0 bridgehead atoms. The minimum Gasteiger partial charge on any atom is -0.368 e. The summed E-state index contributed by atoms with van der Waals surface area (Å²) in [6.45, 7) is 4.68. The van der Waals surface area contributed by atoms with Crippen molar-refractivity contribution in [3.63, 3.8) is 0 Å². The van der Waals surface area contributed by atoms with Gasteiger partial charge in [-0.05, 0) is 62.9 Å². The molecule has 1 heterocycles. The van der Waals surface area contributed by atoms with Crippen molar-refractivity contribution < 1.29 is 9.59 Å². The number of carbonyl (C=O) groups is 2. The highest BCUT2D eigenvalue weighted by Gasteiger charge is 2.33. The fraction of sp³-hybridized carbons (Fsp3) is 0.391. The van der Waals surface area contributed by atoms with Crippen LogP contribution in [0.2, 0.25) is 0 Å². The Morgan fingerprint density at radius 3 is 2.62 bits per heavy atom. The fourth-order valence-electron chi connectivity index (χ4n) is 4.01. The van der Waals surface area contributed by atoms with Crippen LogP contribution in [0, 0.1) is 19.8 Å². The number of nitrogens with zero attached hydrogens (tertiary/aromatic N) is 1. The van der Waals surface area contributed by atoms with E-state index in [0.29, 0.717) is 19.4 Å². The zero-order valence-corrected chi connectivity index (χ0v) is 18.1. The molecule has 1 aliphatic heterocycles. The molecule has 5 nitrogen and oxygen atoms in total. The van der Waals surface area contributed by atoms with E-state index in [2.05, 4.69) is 43.4 Å². The van der Waals surface area contributed by atoms with Crippen LogP contribution in [0.3, 0.4) is 0 Å². The number of para-hydroxylation sites is 1. The predicted octanol–water partition coefficient (Wildman–Crippen LogP) is 3.28. The normalized spacial score (nSPS) is 17.1. The molecule has 0 saturated carbocycles. The summed E-state index contributed by atoms with van der Waals surface area (Å²) in [5, 5.41) is 2.95. The van der Waals surface area contributed by atoms with Crippen molar-refractivity contribution in [2.75, 3.05) is 11.9 Å². The summed E-state index contributed by atoms with van der Waals surface area (Å²) in [5.74, 6) is -0.604. The number of likely N-dealkylation sites (N-methyl/N-ethyl adjacent to an activating group) is 1. The van der Waals surface area contributed by atoms with E-state index in [9.17, 15) is 9.59 Å². The van der Waals surface area contributed by atoms with E-state index >= 15 is 0 Å². The highest BCUT2D eigenvalue weighted by Crippen LogP contribution is 2.32. The van der Waals surface area contributed by atoms with Gasteiger partial charge in [0.1, 0.15) is 0 Å². The topological polar surface area (TPSA) is 75.4 Å². The van der Waals surface area contributed by atoms with Crippen LogP contribution in [0.5, 0.6) is 0 Å². The van der Waals surface area contributed by atoms with Crippen LogP contribution in [0.25, 0.3) is 0 Å². The predicted molar refractivity (Wildman–Crippen MR) is 119 cm³/mol. The molecule has 0 aromatic heterocycles. The zero-order valence-electron chi connectivity index (χ0n) is 17.3. The lowest BCUT2D eigenvalue weighted by atomic mass is 9.93. The number of hydrogen-bond acceptors (Lipinski definition) is 3. The van der Waals surface area contributed by atoms with E-state index in [4.69, 9.17) is 5.73 Å². The van der Waals surface area contributed by atoms with Crippen molar-refractivity contribution in [3.8, 4) is 0 Å². The molecule has 3 rings (SSSR count). The molecular weight excluding hydrogens is 386 g/mol. The van der Waals surface area contributed by atoms with Gasteiger partial charge >= 0.3 is 0 Å². The largest absolute Gasteiger partial charge is 0.368 e. The maximum absolute atomic E-state index is 13.5. The Morgan fingerprint density at radius 1 is 1.24 bits per heavy atom. The molecule has 2 amide bonds. The Kier molecular flexibility index (Phi) is 7.82. The summed E-state index contributed by atoms with van der Waals surface area (Å²) in [7, 11) is 1.71. The Hall–Kier alpha value is -2.37. The highest BCUT2D eigenvalue weighted by molar-refractivity contribution is 5.97. The summed E-state index contributed by atoms with van der Waals surface area (Å²) in [4.78, 5) is 27.1. The summed E-state index contributed by atoms with van der Waals surface area (Å²) in [5.41, 5.74) is 11.2. The van der Waals surface area contributed by atoms with Gasteiger partial charge in [0, 0.05) is 11.6 Å². The molecule has 29 heavy (non-hydrogen) atoms. The number of carbonyl (C=O) groups excluding carboxylic acids is 2. The molecule has 0 aliphatic carbocycles. The molecule has 156 valence electrons. The van der Waals surface area contributed by atoms with Gasteiger partial charge in [0.2, 0.25) is 11.8 Å². The number of rotatable bonds is 6. The van der Waals surface area contributed by atoms with Crippen LogP contribution in [0.1, 0.15) is 35.1 Å². The lowest BCUT2D eigenvalue weighted by Crippen LogP contribution is -2.44. The molecule has 0 fully saturated rings. The number of nitrogens with one attached hydrogen (secondary N) is 1. The van der Waals surface area contributed by atoms with E-state index in [1.807, 2.05) is 23.1 Å². The number of fused-ring (bicyclic) bond motifs is 1. The molecule has 0 radical (unpaired) electrons. The Bertz CT molecular complexity index is 884. The summed E-state index contributed by atoms with van der Waals surface area (Å²) in [6, 6.07) is 13.9. The van der Waals surface area contributed by atoms with E-state index in [1.165, 1.54) is 16.7 Å². The second-order valence-corrected chi connectivity index (χ2v) is 7.70. The Labute approximate surface area is 179 Å². The lowest BCUT2D eigenvalue weighted by Gasteiger charge is -2.28. The van der Waals surface area contributed by atoms with Crippen LogP contribution in [0.15, 0.2) is 42.5 Å². The SMILES string of the molecule is CN[C@@H](C[C@@H]1CCc2ccccc2N(Cc2ccc(C)cc2C)C1=O)C(N)=O.Cl. The Morgan fingerprint density at radius 2 is 1.97 bits per heavy atom. The molecule has 0 saturated heterocycles. The third-order valence-corrected chi connectivity index (χ3v) is 5.70. The molecule has 6 heteroatoms. The summed E-state index contributed by atoms with van der Waals surface area (Å²) in [6.07, 6.45) is 1.94. The third kappa shape index (κ3) is 5.17. The number of aryl methyl sites for hydroxylation is 3. The average Bonchev–Trinajstić information content (AvgIpc) is 2.79. The van der Waals surface area contributed by atoms with E-state index < -0.39 is 11.9 Å². The van der Waals surface area contributed by atoms with Crippen LogP contribution in [-0.4, -0.2) is 24.9 Å². The molecule has 2 atom stereocenters. The second kappa shape index (κ2) is 9.90. The number of primary amides is 1. The molecule has 3 N–H and O–H groups in total. The van der Waals surface area contributed by atoms with Crippen molar-refractivity contribution in [3.05, 3.63) is 64.7 Å². The first-order valence-corrected chi connectivity index (χ1v) is 9.82. The maximum atomic E-state index is 13.5. The van der Waals surface area contributed by atoms with Gasteiger partial charge in [-0.2, -0.15) is 0 Å². The van der Waals surface area contributed by atoms with Gasteiger partial charge in [-0.1, -0.05) is 42.0 Å². The van der Waals surface area contributed by atoms with Crippen LogP contribution in [0.4, 0.5) is 5.69 Å². The van der Waals surface area contributed by atoms with Crippen molar-refractivity contribution in [1.82, 2.24) is 5.32 Å². The zero-order chi connectivity index (χ0) is 20.3. The van der Waals surface area contributed by atoms with Gasteiger partial charge in [0.05, 0.1) is 12.6 Å². The molecule has 0 spiro atoms. The van der Waals surface area contributed by atoms with Crippen molar-refractivity contribution in [2.24, 2.45) is 11.7 Å². The molecular formula is C23H30ClN3O2. The monoisotopic (exact) mass is 415 g/mol. The number of amides is 2. The standard InChI is InChI=1S/C23H29N3O2.ClH/c1-15-8-9-19(16(2)12-15)14-26-21-7-5-4-6-17(21)10-11-18(23(26)28)13-20(25-3)22(24)27;/h4-9,12,18,20,25H,10-11,13-14H2,1-3H3,(H2,24,27);1H/t18-,20-;/m0./s1. The van der Waals surface area contributed by atoms with Gasteiger partial charge < -0.3 is 16.0 Å². The van der Waals surface area contributed by atoms with E-state index in [-0.39, 0.29) is 24.2 Å². The smallest absolute Gasteiger partial charge is 0.234 e. The number of anilines is 1. The minimum atomic E-state index is -0.502. The summed E-state index contributed by atoms with van der Waals surface area (Å²) >= 11 is 0. The maximum Gasteiger partial charge on any atom is 0.234 e. The van der Waals surface area contributed by atoms with Crippen molar-refractivity contribution >= 4 is 29.9 Å². The third-order valence-electron chi connectivity index (χ3n) is 5.70. The van der Waals surface area contributed by atoms with E-state index in [0.717, 1.165) is 17.7 Å². The van der Waals surface area contributed by atoms with Gasteiger partial charge in [0.15, 0.2) is 0 Å². The lowest BCUT2D eigenvalue weighted by molar-refractivity contribution is -0.124. The first-order valence-electron chi connectivity index (χ1n) is 9.82. The number of nitrogens with two attached hydrogens (primary N) is 1. The fourth-order valence-corrected chi connectivity index (χ4v) is 4.01. The van der Waals surface area contributed by atoms with Crippen molar-refractivity contribution in [1.29, 1.82) is 0 Å². The van der Waals surface area contributed by atoms with Gasteiger partial charge in [-0.3, -0.25) is 9.59 Å². The van der Waals surface area contributed by atoms with Gasteiger partial charge in [-0.15, -0.1) is 12.4 Å².